The van der Waals surface area contributed by atoms with Crippen LogP contribution in [0.1, 0.15) is 44.0 Å². The van der Waals surface area contributed by atoms with Gasteiger partial charge in [-0.05, 0) is 39.3 Å². The minimum Gasteiger partial charge on any atom is -0.487 e. The van der Waals surface area contributed by atoms with Gasteiger partial charge in [0.15, 0.2) is 5.75 Å². The van der Waals surface area contributed by atoms with Crippen molar-refractivity contribution in [2.45, 2.75) is 39.2 Å². The number of nitrogens with zero attached hydrogens (tertiary/aromatic N) is 1. The third-order valence-corrected chi connectivity index (χ3v) is 3.13. The molecule has 23 heavy (non-hydrogen) atoms. The summed E-state index contributed by atoms with van der Waals surface area (Å²) in [6, 6.07) is 3.95. The van der Waals surface area contributed by atoms with Crippen LogP contribution in [0.5, 0.6) is 5.75 Å². The first kappa shape index (κ1) is 18.4. The van der Waals surface area contributed by atoms with Gasteiger partial charge in [0.2, 0.25) is 0 Å². The van der Waals surface area contributed by atoms with Crippen LogP contribution in [-0.2, 0) is 4.79 Å². The maximum absolute atomic E-state index is 12.2. The molecule has 1 aromatic carbocycles. The quantitative estimate of drug-likeness (QED) is 0.559. The number of carbonyl (C=O) groups is 2. The zero-order valence-corrected chi connectivity index (χ0v) is 13.3. The van der Waals surface area contributed by atoms with Crippen LogP contribution < -0.4 is 10.1 Å². The standard InChI is InChI=1S/C15H20N2O6/c1-4-23-12-6-5-10(9-11(12)17(21)22)14(20)16-15(2,3)8-7-13(18)19/h5-6,9H,4,7-8H2,1-3H3,(H,16,20)(H,18,19). The Balaban J connectivity index is 2.93. The molecule has 0 spiro atoms. The van der Waals surface area contributed by atoms with E-state index in [-0.39, 0.29) is 36.4 Å². The Morgan fingerprint density at radius 2 is 2.04 bits per heavy atom. The Hall–Kier alpha value is -2.64. The molecule has 0 unspecified atom stereocenters. The van der Waals surface area contributed by atoms with E-state index in [0.717, 1.165) is 6.07 Å². The predicted octanol–water partition coefficient (Wildman–Crippen LogP) is 2.37. The Kier molecular flexibility index (Phi) is 6.06. The molecular formula is C15H20N2O6. The highest BCUT2D eigenvalue weighted by molar-refractivity contribution is 5.95. The summed E-state index contributed by atoms with van der Waals surface area (Å²) >= 11 is 0. The Morgan fingerprint density at radius 3 is 2.57 bits per heavy atom. The normalized spacial score (nSPS) is 10.9. The molecule has 0 atom stereocenters. The first-order chi connectivity index (χ1) is 10.7. The van der Waals surface area contributed by atoms with Gasteiger partial charge in [0.05, 0.1) is 11.5 Å². The Morgan fingerprint density at radius 1 is 1.39 bits per heavy atom. The van der Waals surface area contributed by atoms with E-state index >= 15 is 0 Å². The van der Waals surface area contributed by atoms with Crippen LogP contribution in [0.25, 0.3) is 0 Å². The highest BCUT2D eigenvalue weighted by Gasteiger charge is 2.24. The minimum atomic E-state index is -0.955. The lowest BCUT2D eigenvalue weighted by molar-refractivity contribution is -0.385. The number of carboxylic acid groups (broad SMARTS) is 1. The number of amides is 1. The van der Waals surface area contributed by atoms with Crippen LogP contribution in [0, 0.1) is 10.1 Å². The van der Waals surface area contributed by atoms with Gasteiger partial charge < -0.3 is 15.2 Å². The van der Waals surface area contributed by atoms with Crippen molar-refractivity contribution in [3.8, 4) is 5.75 Å². The smallest absolute Gasteiger partial charge is 0.311 e. The molecule has 1 aromatic rings. The fourth-order valence-electron chi connectivity index (χ4n) is 1.94. The van der Waals surface area contributed by atoms with E-state index in [0.29, 0.717) is 0 Å². The molecule has 0 fully saturated rings. The van der Waals surface area contributed by atoms with Gasteiger partial charge >= 0.3 is 11.7 Å². The lowest BCUT2D eigenvalue weighted by Gasteiger charge is -2.25. The molecule has 0 aliphatic carbocycles. The number of nitro benzene ring substituents is 1. The summed E-state index contributed by atoms with van der Waals surface area (Å²) in [4.78, 5) is 33.3. The van der Waals surface area contributed by atoms with Crippen molar-refractivity contribution in [1.29, 1.82) is 0 Å². The monoisotopic (exact) mass is 324 g/mol. The summed E-state index contributed by atoms with van der Waals surface area (Å²) in [5.41, 5.74) is -0.922. The highest BCUT2D eigenvalue weighted by atomic mass is 16.6. The molecule has 126 valence electrons. The molecule has 0 aromatic heterocycles. The molecule has 0 radical (unpaired) electrons. The summed E-state index contributed by atoms with van der Waals surface area (Å²) in [7, 11) is 0. The van der Waals surface area contributed by atoms with Crippen molar-refractivity contribution >= 4 is 17.6 Å². The van der Waals surface area contributed by atoms with Gasteiger partial charge in [-0.3, -0.25) is 19.7 Å². The average Bonchev–Trinajstić information content (AvgIpc) is 2.45. The summed E-state index contributed by atoms with van der Waals surface area (Å²) in [5.74, 6) is -1.37. The predicted molar refractivity (Wildman–Crippen MR) is 82.7 cm³/mol. The number of nitro groups is 1. The van der Waals surface area contributed by atoms with E-state index < -0.39 is 22.3 Å². The van der Waals surface area contributed by atoms with E-state index in [2.05, 4.69) is 5.32 Å². The number of aliphatic carboxylic acids is 1. The molecule has 2 N–H and O–H groups in total. The van der Waals surface area contributed by atoms with Crippen LogP contribution in [0.4, 0.5) is 5.69 Å². The third kappa shape index (κ3) is 5.57. The van der Waals surface area contributed by atoms with Gasteiger partial charge in [0.25, 0.3) is 5.91 Å². The number of ether oxygens (including phenoxy) is 1. The summed E-state index contributed by atoms with van der Waals surface area (Å²) in [6.07, 6.45) is 0.157. The Labute approximate surface area is 133 Å². The number of benzene rings is 1. The van der Waals surface area contributed by atoms with Gasteiger partial charge in [-0.15, -0.1) is 0 Å². The van der Waals surface area contributed by atoms with Gasteiger partial charge in [-0.1, -0.05) is 0 Å². The molecule has 0 aliphatic heterocycles. The molecule has 1 amide bonds. The molecule has 8 nitrogen and oxygen atoms in total. The van der Waals surface area contributed by atoms with E-state index in [1.165, 1.54) is 12.1 Å². The van der Waals surface area contributed by atoms with E-state index in [9.17, 15) is 19.7 Å². The average molecular weight is 324 g/mol. The maximum atomic E-state index is 12.2. The van der Waals surface area contributed by atoms with Crippen molar-refractivity contribution in [2.75, 3.05) is 6.61 Å². The van der Waals surface area contributed by atoms with Gasteiger partial charge in [0, 0.05) is 23.6 Å². The largest absolute Gasteiger partial charge is 0.487 e. The second kappa shape index (κ2) is 7.57. The summed E-state index contributed by atoms with van der Waals surface area (Å²) < 4.78 is 5.16. The van der Waals surface area contributed by atoms with Crippen LogP contribution in [-0.4, -0.2) is 34.1 Å². The molecule has 8 heteroatoms. The first-order valence-electron chi connectivity index (χ1n) is 7.12. The van der Waals surface area contributed by atoms with Crippen molar-refractivity contribution in [2.24, 2.45) is 0 Å². The van der Waals surface area contributed by atoms with Gasteiger partial charge in [-0.25, -0.2) is 0 Å². The van der Waals surface area contributed by atoms with Crippen molar-refractivity contribution in [3.63, 3.8) is 0 Å². The fraction of sp³-hybridized carbons (Fsp3) is 0.467. The van der Waals surface area contributed by atoms with Gasteiger partial charge in [0.1, 0.15) is 0 Å². The molecule has 0 saturated heterocycles. The molecular weight excluding hydrogens is 304 g/mol. The molecule has 0 heterocycles. The maximum Gasteiger partial charge on any atom is 0.311 e. The van der Waals surface area contributed by atoms with Crippen molar-refractivity contribution in [3.05, 3.63) is 33.9 Å². The fourth-order valence-corrected chi connectivity index (χ4v) is 1.94. The number of rotatable bonds is 8. The molecule has 0 bridgehead atoms. The molecule has 0 saturated carbocycles. The van der Waals surface area contributed by atoms with Gasteiger partial charge in [-0.2, -0.15) is 0 Å². The summed E-state index contributed by atoms with van der Waals surface area (Å²) in [5, 5.41) is 22.4. The minimum absolute atomic E-state index is 0.0866. The number of hydrogen-bond acceptors (Lipinski definition) is 5. The topological polar surface area (TPSA) is 119 Å². The van der Waals surface area contributed by atoms with Crippen LogP contribution >= 0.6 is 0 Å². The van der Waals surface area contributed by atoms with Crippen LogP contribution in [0.2, 0.25) is 0 Å². The lowest BCUT2D eigenvalue weighted by Crippen LogP contribution is -2.43. The zero-order chi connectivity index (χ0) is 17.6. The van der Waals surface area contributed by atoms with Crippen LogP contribution in [0.3, 0.4) is 0 Å². The second-order valence-electron chi connectivity index (χ2n) is 5.60. The SMILES string of the molecule is CCOc1ccc(C(=O)NC(C)(C)CCC(=O)O)cc1[N+](=O)[O-]. The van der Waals surface area contributed by atoms with E-state index in [1.807, 2.05) is 0 Å². The summed E-state index contributed by atoms with van der Waals surface area (Å²) in [6.45, 7) is 5.36. The lowest BCUT2D eigenvalue weighted by atomic mass is 9.97. The van der Waals surface area contributed by atoms with Crippen molar-refractivity contribution < 1.29 is 24.4 Å². The third-order valence-electron chi connectivity index (χ3n) is 3.13. The van der Waals surface area contributed by atoms with Crippen molar-refractivity contribution in [1.82, 2.24) is 5.32 Å². The number of carbonyl (C=O) groups excluding carboxylic acids is 1. The number of nitrogens with one attached hydrogen (secondary N) is 1. The zero-order valence-electron chi connectivity index (χ0n) is 13.3. The molecule has 0 aliphatic rings. The second-order valence-corrected chi connectivity index (χ2v) is 5.60. The highest BCUT2D eigenvalue weighted by Crippen LogP contribution is 2.28. The number of carboxylic acids is 1. The Bertz CT molecular complexity index is 612. The first-order valence-corrected chi connectivity index (χ1v) is 7.12. The number of hydrogen-bond donors (Lipinski definition) is 2. The van der Waals surface area contributed by atoms with Crippen LogP contribution in [0.15, 0.2) is 18.2 Å². The van der Waals surface area contributed by atoms with E-state index in [1.54, 1.807) is 20.8 Å². The van der Waals surface area contributed by atoms with E-state index in [4.69, 9.17) is 9.84 Å². The molecule has 1 rings (SSSR count).